The quantitative estimate of drug-likeness (QED) is 0.646. The summed E-state index contributed by atoms with van der Waals surface area (Å²) in [5, 5.41) is 6.37. The second-order valence-corrected chi connectivity index (χ2v) is 7.20. The van der Waals surface area contributed by atoms with Gasteiger partial charge in [-0.25, -0.2) is 4.98 Å². The fraction of sp³-hybridized carbons (Fsp3) is 0.364. The maximum atomic E-state index is 12.7. The second kappa shape index (κ2) is 9.07. The predicted octanol–water partition coefficient (Wildman–Crippen LogP) is 2.59. The van der Waals surface area contributed by atoms with Gasteiger partial charge in [0, 0.05) is 38.3 Å². The van der Waals surface area contributed by atoms with Crippen LogP contribution in [-0.2, 0) is 6.54 Å². The van der Waals surface area contributed by atoms with Crippen molar-refractivity contribution in [2.45, 2.75) is 13.0 Å². The van der Waals surface area contributed by atoms with Crippen LogP contribution in [0.1, 0.15) is 16.8 Å². The van der Waals surface area contributed by atoms with Gasteiger partial charge in [-0.1, -0.05) is 12.1 Å². The van der Waals surface area contributed by atoms with Crippen LogP contribution in [0.3, 0.4) is 0 Å². The van der Waals surface area contributed by atoms with Gasteiger partial charge in [-0.15, -0.1) is 0 Å². The van der Waals surface area contributed by atoms with E-state index in [0.717, 1.165) is 62.5 Å². The van der Waals surface area contributed by atoms with E-state index in [2.05, 4.69) is 31.2 Å². The number of piperazine rings is 1. The van der Waals surface area contributed by atoms with Gasteiger partial charge in [-0.2, -0.15) is 0 Å². The zero-order valence-electron chi connectivity index (χ0n) is 16.7. The molecular weight excluding hydrogens is 366 g/mol. The molecule has 152 valence electrons. The Labute approximate surface area is 170 Å². The smallest absolute Gasteiger partial charge is 0.257 e. The number of aryl methyl sites for hydroxylation is 1. The van der Waals surface area contributed by atoms with Crippen LogP contribution in [0.25, 0.3) is 11.0 Å². The molecule has 7 nitrogen and oxygen atoms in total. The van der Waals surface area contributed by atoms with E-state index in [1.165, 1.54) is 0 Å². The first-order chi connectivity index (χ1) is 14.2. The number of carbonyl (C=O) groups excluding carboxylic acids is 1. The van der Waals surface area contributed by atoms with Crippen molar-refractivity contribution < 1.29 is 9.53 Å². The zero-order chi connectivity index (χ0) is 20.1. The van der Waals surface area contributed by atoms with Crippen molar-refractivity contribution in [1.82, 2.24) is 19.8 Å². The van der Waals surface area contributed by atoms with Gasteiger partial charge in [0.15, 0.2) is 0 Å². The molecule has 1 saturated heterocycles. The molecule has 0 radical (unpaired) electrons. The summed E-state index contributed by atoms with van der Waals surface area (Å²) in [6, 6.07) is 15.1. The van der Waals surface area contributed by atoms with Crippen molar-refractivity contribution in [3.63, 3.8) is 0 Å². The summed E-state index contributed by atoms with van der Waals surface area (Å²) >= 11 is 0. The lowest BCUT2D eigenvalue weighted by molar-refractivity contribution is 0.102. The minimum atomic E-state index is -0.175. The number of ether oxygens (including phenoxy) is 1. The highest BCUT2D eigenvalue weighted by molar-refractivity contribution is 6.04. The lowest BCUT2D eigenvalue weighted by atomic mass is 10.2. The predicted molar refractivity (Wildman–Crippen MR) is 115 cm³/mol. The van der Waals surface area contributed by atoms with E-state index in [1.807, 2.05) is 18.2 Å². The number of hydrogen-bond acceptors (Lipinski definition) is 5. The average molecular weight is 393 g/mol. The molecule has 0 unspecified atom stereocenters. The number of imidazole rings is 1. The van der Waals surface area contributed by atoms with Crippen molar-refractivity contribution in [3.8, 4) is 5.75 Å². The van der Waals surface area contributed by atoms with Gasteiger partial charge < -0.3 is 19.5 Å². The number of para-hydroxylation sites is 2. The maximum Gasteiger partial charge on any atom is 0.257 e. The van der Waals surface area contributed by atoms with Gasteiger partial charge in [-0.3, -0.25) is 10.1 Å². The Kier molecular flexibility index (Phi) is 6.07. The minimum absolute atomic E-state index is 0.175. The molecule has 4 rings (SSSR count). The molecule has 29 heavy (non-hydrogen) atoms. The molecule has 2 heterocycles. The summed E-state index contributed by atoms with van der Waals surface area (Å²) in [5.74, 6) is 1.14. The van der Waals surface area contributed by atoms with Crippen LogP contribution in [0, 0.1) is 0 Å². The van der Waals surface area contributed by atoms with Crippen LogP contribution in [0.15, 0.2) is 48.5 Å². The Morgan fingerprint density at radius 3 is 2.62 bits per heavy atom. The molecule has 0 aliphatic carbocycles. The first kappa shape index (κ1) is 19.4. The highest BCUT2D eigenvalue weighted by atomic mass is 16.5. The van der Waals surface area contributed by atoms with Crippen molar-refractivity contribution in [1.29, 1.82) is 0 Å². The van der Waals surface area contributed by atoms with Crippen LogP contribution in [0.5, 0.6) is 5.75 Å². The maximum absolute atomic E-state index is 12.7. The molecule has 3 aromatic rings. The highest BCUT2D eigenvalue weighted by Crippen LogP contribution is 2.21. The zero-order valence-corrected chi connectivity index (χ0v) is 16.7. The summed E-state index contributed by atoms with van der Waals surface area (Å²) in [6.45, 7) is 6.13. The number of methoxy groups -OCH3 is 1. The lowest BCUT2D eigenvalue weighted by Crippen LogP contribution is -2.43. The van der Waals surface area contributed by atoms with Crippen molar-refractivity contribution >= 4 is 22.9 Å². The Hall–Kier alpha value is -2.90. The largest absolute Gasteiger partial charge is 0.497 e. The number of hydrogen-bond donors (Lipinski definition) is 2. The van der Waals surface area contributed by atoms with Gasteiger partial charge in [-0.05, 0) is 49.4 Å². The molecule has 1 aliphatic rings. The van der Waals surface area contributed by atoms with Crippen LogP contribution in [0.4, 0.5) is 5.95 Å². The number of nitrogens with one attached hydrogen (secondary N) is 2. The van der Waals surface area contributed by atoms with Crippen molar-refractivity contribution in [2.24, 2.45) is 0 Å². The number of amides is 1. The van der Waals surface area contributed by atoms with E-state index >= 15 is 0 Å². The molecule has 0 bridgehead atoms. The van der Waals surface area contributed by atoms with E-state index in [9.17, 15) is 4.79 Å². The molecule has 1 aliphatic heterocycles. The molecule has 0 atom stereocenters. The summed E-state index contributed by atoms with van der Waals surface area (Å²) < 4.78 is 7.27. The Morgan fingerprint density at radius 1 is 1.10 bits per heavy atom. The standard InChI is InChI=1S/C22H27N5O2/c1-29-18-9-7-17(8-10-18)21(28)25-22-24-19-5-2-3-6-20(19)27(22)14-4-13-26-15-11-23-12-16-26/h2-3,5-10,23H,4,11-16H2,1H3,(H,24,25,28). The third-order valence-corrected chi connectivity index (χ3v) is 5.30. The second-order valence-electron chi connectivity index (χ2n) is 7.20. The van der Waals surface area contributed by atoms with Gasteiger partial charge in [0.1, 0.15) is 5.75 Å². The number of anilines is 1. The average Bonchev–Trinajstić information content (AvgIpc) is 3.11. The number of aromatic nitrogens is 2. The number of nitrogens with zero attached hydrogens (tertiary/aromatic N) is 3. The number of benzene rings is 2. The fourth-order valence-electron chi connectivity index (χ4n) is 3.70. The molecular formula is C22H27N5O2. The van der Waals surface area contributed by atoms with E-state index < -0.39 is 0 Å². The SMILES string of the molecule is COc1ccc(C(=O)Nc2nc3ccccc3n2CCCN2CCNCC2)cc1. The Morgan fingerprint density at radius 2 is 1.86 bits per heavy atom. The molecule has 1 aromatic heterocycles. The Bertz CT molecular complexity index is 961. The van der Waals surface area contributed by atoms with E-state index in [4.69, 9.17) is 4.74 Å². The molecule has 2 N–H and O–H groups in total. The molecule has 0 spiro atoms. The normalized spacial score (nSPS) is 14.8. The highest BCUT2D eigenvalue weighted by Gasteiger charge is 2.15. The van der Waals surface area contributed by atoms with Crippen molar-refractivity contribution in [3.05, 3.63) is 54.1 Å². The number of carbonyl (C=O) groups is 1. The molecule has 2 aromatic carbocycles. The fourth-order valence-corrected chi connectivity index (χ4v) is 3.70. The molecule has 1 fully saturated rings. The van der Waals surface area contributed by atoms with Gasteiger partial charge in [0.05, 0.1) is 18.1 Å². The van der Waals surface area contributed by atoms with Gasteiger partial charge in [0.2, 0.25) is 5.95 Å². The van der Waals surface area contributed by atoms with Gasteiger partial charge >= 0.3 is 0 Å². The first-order valence-corrected chi connectivity index (χ1v) is 10.1. The van der Waals surface area contributed by atoms with Crippen molar-refractivity contribution in [2.75, 3.05) is 45.2 Å². The van der Waals surface area contributed by atoms with Crippen LogP contribution >= 0.6 is 0 Å². The topological polar surface area (TPSA) is 71.4 Å². The molecule has 0 saturated carbocycles. The van der Waals surface area contributed by atoms with Crippen LogP contribution in [-0.4, -0.2) is 60.2 Å². The van der Waals surface area contributed by atoms with Gasteiger partial charge in [0.25, 0.3) is 5.91 Å². The number of fused-ring (bicyclic) bond motifs is 1. The third kappa shape index (κ3) is 4.58. The monoisotopic (exact) mass is 393 g/mol. The summed E-state index contributed by atoms with van der Waals surface area (Å²) in [6.07, 6.45) is 1.01. The van der Waals surface area contributed by atoms with Crippen LogP contribution in [0.2, 0.25) is 0 Å². The number of rotatable bonds is 7. The first-order valence-electron chi connectivity index (χ1n) is 10.1. The summed E-state index contributed by atoms with van der Waals surface area (Å²) in [4.78, 5) is 19.9. The third-order valence-electron chi connectivity index (χ3n) is 5.30. The minimum Gasteiger partial charge on any atom is -0.497 e. The molecule has 1 amide bonds. The molecule has 7 heteroatoms. The van der Waals surface area contributed by atoms with E-state index in [1.54, 1.807) is 31.4 Å². The van der Waals surface area contributed by atoms with E-state index in [0.29, 0.717) is 11.5 Å². The summed E-state index contributed by atoms with van der Waals surface area (Å²) in [7, 11) is 1.61. The van der Waals surface area contributed by atoms with E-state index in [-0.39, 0.29) is 5.91 Å². The summed E-state index contributed by atoms with van der Waals surface area (Å²) in [5.41, 5.74) is 2.50. The van der Waals surface area contributed by atoms with Crippen LogP contribution < -0.4 is 15.4 Å². The lowest BCUT2D eigenvalue weighted by Gasteiger charge is -2.27. The Balaban J connectivity index is 1.50.